The summed E-state index contributed by atoms with van der Waals surface area (Å²) in [6, 6.07) is 14.4. The topological polar surface area (TPSA) is 66.8 Å². The fourth-order valence-electron chi connectivity index (χ4n) is 2.18. The highest BCUT2D eigenvalue weighted by atomic mass is 35.5. The average molecular weight is 315 g/mol. The molecule has 0 radical (unpaired) electrons. The highest BCUT2D eigenvalue weighted by molar-refractivity contribution is 6.32. The molecule has 0 fully saturated rings. The highest BCUT2D eigenvalue weighted by Gasteiger charge is 2.19. The first-order chi connectivity index (χ1) is 10.6. The molecule has 3 aromatic carbocycles. The molecule has 3 rings (SSSR count). The van der Waals surface area contributed by atoms with E-state index in [9.17, 15) is 15.0 Å². The maximum Gasteiger partial charge on any atom is 0.347 e. The van der Waals surface area contributed by atoms with Crippen LogP contribution in [0.2, 0.25) is 5.02 Å². The fraction of sp³-hybridized carbons (Fsp3) is 0. The monoisotopic (exact) mass is 314 g/mol. The smallest absolute Gasteiger partial charge is 0.347 e. The number of phenols is 2. The molecule has 2 N–H and O–H groups in total. The van der Waals surface area contributed by atoms with Crippen LogP contribution < -0.4 is 4.74 Å². The quantitative estimate of drug-likeness (QED) is 0.424. The van der Waals surface area contributed by atoms with Crippen molar-refractivity contribution in [1.82, 2.24) is 0 Å². The van der Waals surface area contributed by atoms with Gasteiger partial charge in [-0.15, -0.1) is 0 Å². The van der Waals surface area contributed by atoms with Crippen LogP contribution in [0.1, 0.15) is 10.4 Å². The summed E-state index contributed by atoms with van der Waals surface area (Å²) in [5.41, 5.74) is -0.129. The lowest BCUT2D eigenvalue weighted by molar-refractivity contribution is 0.0731. The van der Waals surface area contributed by atoms with Crippen LogP contribution in [0.15, 0.2) is 54.6 Å². The molecule has 0 bridgehead atoms. The molecule has 5 heteroatoms. The molecular formula is C17H11ClO4. The Kier molecular flexibility index (Phi) is 3.61. The largest absolute Gasteiger partial charge is 0.507 e. The summed E-state index contributed by atoms with van der Waals surface area (Å²) in [5.74, 6) is -0.974. The van der Waals surface area contributed by atoms with Crippen molar-refractivity contribution in [2.75, 3.05) is 0 Å². The van der Waals surface area contributed by atoms with Gasteiger partial charge in [0.05, 0.1) is 5.02 Å². The zero-order valence-electron chi connectivity index (χ0n) is 11.3. The van der Waals surface area contributed by atoms with Gasteiger partial charge in [-0.3, -0.25) is 0 Å². The summed E-state index contributed by atoms with van der Waals surface area (Å²) in [4.78, 5) is 12.2. The molecule has 0 amide bonds. The summed E-state index contributed by atoms with van der Waals surface area (Å²) in [6.07, 6.45) is 0. The molecule has 0 aliphatic rings. The molecule has 0 aromatic heterocycles. The molecule has 22 heavy (non-hydrogen) atoms. The summed E-state index contributed by atoms with van der Waals surface area (Å²) in [7, 11) is 0. The average Bonchev–Trinajstić information content (AvgIpc) is 2.53. The van der Waals surface area contributed by atoms with Crippen molar-refractivity contribution in [3.05, 3.63) is 65.2 Å². The molecule has 0 atom stereocenters. The minimum absolute atomic E-state index is 0.112. The van der Waals surface area contributed by atoms with Gasteiger partial charge in [-0.05, 0) is 18.2 Å². The number of hydrogen-bond acceptors (Lipinski definition) is 4. The van der Waals surface area contributed by atoms with Crippen LogP contribution >= 0.6 is 11.6 Å². The first-order valence-corrected chi connectivity index (χ1v) is 6.86. The summed E-state index contributed by atoms with van der Waals surface area (Å²) in [5, 5.41) is 21.3. The summed E-state index contributed by atoms with van der Waals surface area (Å²) >= 11 is 5.93. The van der Waals surface area contributed by atoms with E-state index < -0.39 is 5.97 Å². The van der Waals surface area contributed by atoms with E-state index in [1.165, 1.54) is 12.1 Å². The third kappa shape index (κ3) is 2.44. The Hall–Kier alpha value is -2.72. The lowest BCUT2D eigenvalue weighted by Gasteiger charge is -2.10. The van der Waals surface area contributed by atoms with E-state index in [1.54, 1.807) is 42.5 Å². The predicted octanol–water partition coefficient (Wildman–Crippen LogP) is 4.12. The Balaban J connectivity index is 2.05. The number of esters is 1. The minimum Gasteiger partial charge on any atom is -0.507 e. The van der Waals surface area contributed by atoms with Gasteiger partial charge in [0.2, 0.25) is 0 Å². The Labute approximate surface area is 131 Å². The fourth-order valence-corrected chi connectivity index (χ4v) is 2.35. The molecule has 0 saturated heterocycles. The number of rotatable bonds is 2. The van der Waals surface area contributed by atoms with Crippen molar-refractivity contribution in [2.24, 2.45) is 0 Å². The molecule has 0 aliphatic carbocycles. The second-order valence-corrected chi connectivity index (χ2v) is 5.06. The van der Waals surface area contributed by atoms with Gasteiger partial charge in [0.1, 0.15) is 22.8 Å². The third-order valence-electron chi connectivity index (χ3n) is 3.25. The first-order valence-electron chi connectivity index (χ1n) is 6.48. The molecule has 3 aromatic rings. The Morgan fingerprint density at radius 2 is 1.59 bits per heavy atom. The van der Waals surface area contributed by atoms with Gasteiger partial charge in [-0.1, -0.05) is 48.0 Å². The van der Waals surface area contributed by atoms with Crippen LogP contribution in [0.25, 0.3) is 10.8 Å². The second kappa shape index (κ2) is 5.58. The Bertz CT molecular complexity index is 874. The van der Waals surface area contributed by atoms with E-state index in [0.29, 0.717) is 10.8 Å². The van der Waals surface area contributed by atoms with Crippen molar-refractivity contribution in [2.45, 2.75) is 0 Å². The van der Waals surface area contributed by atoms with Crippen LogP contribution in [-0.2, 0) is 0 Å². The standard InChI is InChI=1S/C17H11ClO4/c18-13-7-3-4-8-15(13)22-17(21)12-9-14(19)10-5-1-2-6-11(10)16(12)20/h1-9,19-20H. The van der Waals surface area contributed by atoms with Crippen LogP contribution in [-0.4, -0.2) is 16.2 Å². The van der Waals surface area contributed by atoms with E-state index in [4.69, 9.17) is 16.3 Å². The Morgan fingerprint density at radius 3 is 2.32 bits per heavy atom. The first kappa shape index (κ1) is 14.2. The molecule has 4 nitrogen and oxygen atoms in total. The summed E-state index contributed by atoms with van der Waals surface area (Å²) in [6.45, 7) is 0. The van der Waals surface area contributed by atoms with E-state index in [2.05, 4.69) is 0 Å². The number of carbonyl (C=O) groups is 1. The number of para-hydroxylation sites is 1. The SMILES string of the molecule is O=C(Oc1ccccc1Cl)c1cc(O)c2ccccc2c1O. The lowest BCUT2D eigenvalue weighted by atomic mass is 10.0. The summed E-state index contributed by atoms with van der Waals surface area (Å²) < 4.78 is 5.17. The molecule has 0 heterocycles. The third-order valence-corrected chi connectivity index (χ3v) is 3.57. The van der Waals surface area contributed by atoms with Crippen molar-refractivity contribution < 1.29 is 19.7 Å². The highest BCUT2D eigenvalue weighted by Crippen LogP contribution is 2.36. The normalized spacial score (nSPS) is 10.6. The van der Waals surface area contributed by atoms with Gasteiger partial charge in [0.15, 0.2) is 0 Å². The minimum atomic E-state index is -0.799. The lowest BCUT2D eigenvalue weighted by Crippen LogP contribution is -2.09. The van der Waals surface area contributed by atoms with Crippen molar-refractivity contribution in [3.8, 4) is 17.2 Å². The van der Waals surface area contributed by atoms with E-state index in [1.807, 2.05) is 0 Å². The number of benzene rings is 3. The molecule has 0 saturated carbocycles. The number of halogens is 1. The maximum absolute atomic E-state index is 12.2. The van der Waals surface area contributed by atoms with Gasteiger partial charge in [0, 0.05) is 10.8 Å². The van der Waals surface area contributed by atoms with Crippen LogP contribution in [0.4, 0.5) is 0 Å². The van der Waals surface area contributed by atoms with Crippen molar-refractivity contribution in [1.29, 1.82) is 0 Å². The molecule has 110 valence electrons. The van der Waals surface area contributed by atoms with Crippen LogP contribution in [0.5, 0.6) is 17.2 Å². The number of carbonyl (C=O) groups excluding carboxylic acids is 1. The van der Waals surface area contributed by atoms with E-state index >= 15 is 0 Å². The number of aromatic hydroxyl groups is 2. The van der Waals surface area contributed by atoms with Gasteiger partial charge in [-0.2, -0.15) is 0 Å². The van der Waals surface area contributed by atoms with E-state index in [-0.39, 0.29) is 27.8 Å². The second-order valence-electron chi connectivity index (χ2n) is 4.66. The molecular weight excluding hydrogens is 304 g/mol. The zero-order valence-corrected chi connectivity index (χ0v) is 12.0. The molecule has 0 aliphatic heterocycles. The van der Waals surface area contributed by atoms with E-state index in [0.717, 1.165) is 0 Å². The number of ether oxygens (including phenoxy) is 1. The van der Waals surface area contributed by atoms with Gasteiger partial charge >= 0.3 is 5.97 Å². The number of hydrogen-bond donors (Lipinski definition) is 2. The molecule has 0 unspecified atom stereocenters. The molecule has 0 spiro atoms. The maximum atomic E-state index is 12.2. The van der Waals surface area contributed by atoms with Crippen LogP contribution in [0, 0.1) is 0 Å². The van der Waals surface area contributed by atoms with Crippen LogP contribution in [0.3, 0.4) is 0 Å². The number of phenolic OH excluding ortho intramolecular Hbond substituents is 2. The Morgan fingerprint density at radius 1 is 0.955 bits per heavy atom. The van der Waals surface area contributed by atoms with Gasteiger partial charge in [-0.25, -0.2) is 4.79 Å². The predicted molar refractivity (Wildman–Crippen MR) is 83.7 cm³/mol. The number of fused-ring (bicyclic) bond motifs is 1. The van der Waals surface area contributed by atoms with Gasteiger partial charge < -0.3 is 14.9 Å². The zero-order chi connectivity index (χ0) is 15.7. The van der Waals surface area contributed by atoms with Crippen molar-refractivity contribution in [3.63, 3.8) is 0 Å². The van der Waals surface area contributed by atoms with Gasteiger partial charge in [0.25, 0.3) is 0 Å². The van der Waals surface area contributed by atoms with Crippen molar-refractivity contribution >= 4 is 28.3 Å².